The van der Waals surface area contributed by atoms with Gasteiger partial charge in [0.1, 0.15) is 5.78 Å². The van der Waals surface area contributed by atoms with E-state index in [2.05, 4.69) is 4.85 Å². The fourth-order valence-electron chi connectivity index (χ4n) is 1.38. The van der Waals surface area contributed by atoms with Crippen molar-refractivity contribution in [2.75, 3.05) is 0 Å². The van der Waals surface area contributed by atoms with Gasteiger partial charge < -0.3 is 4.85 Å². The quantitative estimate of drug-likeness (QED) is 0.535. The van der Waals surface area contributed by atoms with E-state index >= 15 is 0 Å². The van der Waals surface area contributed by atoms with E-state index in [9.17, 15) is 9.59 Å². The molecule has 0 rings (SSSR count). The van der Waals surface area contributed by atoms with Crippen molar-refractivity contribution in [1.29, 1.82) is 0 Å². The van der Waals surface area contributed by atoms with Crippen LogP contribution in [0.15, 0.2) is 10.2 Å². The molecule has 3 nitrogen and oxygen atoms in total. The zero-order valence-corrected chi connectivity index (χ0v) is 14.1. The van der Waals surface area contributed by atoms with Crippen molar-refractivity contribution in [1.82, 2.24) is 0 Å². The van der Waals surface area contributed by atoms with Crippen molar-refractivity contribution in [3.05, 3.63) is 21.6 Å². The Hall–Kier alpha value is -0.350. The number of rotatable bonds is 5. The van der Waals surface area contributed by atoms with E-state index in [-0.39, 0.29) is 22.1 Å². The highest BCUT2D eigenvalue weighted by molar-refractivity contribution is 14.1. The maximum absolute atomic E-state index is 12.3. The molecule has 0 aromatic heterocycles. The lowest BCUT2D eigenvalue weighted by molar-refractivity contribution is -0.122. The molecule has 0 aliphatic rings. The number of thioether (sulfide) groups is 1. The highest BCUT2D eigenvalue weighted by Gasteiger charge is 2.47. The zero-order valence-electron chi connectivity index (χ0n) is 11.1. The van der Waals surface area contributed by atoms with E-state index in [1.54, 1.807) is 10.2 Å². The third-order valence-electron chi connectivity index (χ3n) is 2.08. The molecule has 0 saturated heterocycles. The first-order valence-electron chi connectivity index (χ1n) is 5.53. The van der Waals surface area contributed by atoms with Crippen LogP contribution in [0.2, 0.25) is 0 Å². The second kappa shape index (κ2) is 7.29. The molecule has 0 radical (unpaired) electrons. The van der Waals surface area contributed by atoms with Crippen LogP contribution < -0.4 is 0 Å². The summed E-state index contributed by atoms with van der Waals surface area (Å²) in [7, 11) is 0. The van der Waals surface area contributed by atoms with Crippen LogP contribution in [-0.4, -0.2) is 21.2 Å². The molecule has 0 heterocycles. The number of carbonyl (C=O) groups is 2. The SMILES string of the molecule is [C-]#[N+][C@](CC=CI)(CC(C)=O)C(=O)SC(C)(C)C. The van der Waals surface area contributed by atoms with Crippen molar-refractivity contribution in [2.24, 2.45) is 0 Å². The predicted molar refractivity (Wildman–Crippen MR) is 84.8 cm³/mol. The van der Waals surface area contributed by atoms with Crippen LogP contribution in [0.4, 0.5) is 0 Å². The van der Waals surface area contributed by atoms with Crippen molar-refractivity contribution < 1.29 is 9.59 Å². The molecule has 0 fully saturated rings. The fourth-order valence-corrected chi connectivity index (χ4v) is 2.58. The number of carbonyl (C=O) groups excluding carboxylic acids is 2. The summed E-state index contributed by atoms with van der Waals surface area (Å²) in [4.78, 5) is 27.1. The van der Waals surface area contributed by atoms with Gasteiger partial charge in [0.25, 0.3) is 5.12 Å². The molecule has 0 N–H and O–H groups in total. The van der Waals surface area contributed by atoms with Crippen molar-refractivity contribution in [3.8, 4) is 0 Å². The van der Waals surface area contributed by atoms with Gasteiger partial charge in [0, 0.05) is 4.75 Å². The first kappa shape index (κ1) is 17.6. The molecule has 0 aromatic rings. The van der Waals surface area contributed by atoms with Gasteiger partial charge in [0.05, 0.1) is 12.8 Å². The lowest BCUT2D eigenvalue weighted by atomic mass is 9.92. The molecule has 0 amide bonds. The molecule has 0 spiro atoms. The number of Topliss-reactive ketones (excluding diaryl/α,β-unsaturated/α-hetero) is 1. The first-order valence-corrected chi connectivity index (χ1v) is 7.60. The minimum atomic E-state index is -1.24. The summed E-state index contributed by atoms with van der Waals surface area (Å²) in [6.07, 6.45) is 2.04. The second-order valence-electron chi connectivity index (χ2n) is 5.09. The van der Waals surface area contributed by atoms with E-state index in [0.29, 0.717) is 6.42 Å². The van der Waals surface area contributed by atoms with Crippen LogP contribution in [-0.2, 0) is 9.59 Å². The Balaban J connectivity index is 5.24. The van der Waals surface area contributed by atoms with Gasteiger partial charge >= 0.3 is 5.54 Å². The number of hydrogen-bond donors (Lipinski definition) is 0. The number of hydrogen-bond acceptors (Lipinski definition) is 3. The Kier molecular flexibility index (Phi) is 7.15. The molecule has 0 aromatic carbocycles. The minimum absolute atomic E-state index is 0.0145. The van der Waals surface area contributed by atoms with E-state index in [1.165, 1.54) is 6.92 Å². The van der Waals surface area contributed by atoms with Gasteiger partial charge in [-0.2, -0.15) is 0 Å². The van der Waals surface area contributed by atoms with Crippen molar-refractivity contribution >= 4 is 45.3 Å². The Morgan fingerprint density at radius 1 is 1.39 bits per heavy atom. The van der Waals surface area contributed by atoms with E-state index < -0.39 is 5.54 Å². The number of nitrogens with zero attached hydrogens (tertiary/aromatic N) is 1. The molecule has 1 atom stereocenters. The summed E-state index contributed by atoms with van der Waals surface area (Å²) in [5.74, 6) is -0.129. The van der Waals surface area contributed by atoms with Gasteiger partial charge in [0.15, 0.2) is 0 Å². The summed E-state index contributed by atoms with van der Waals surface area (Å²) < 4.78 is 1.52. The van der Waals surface area contributed by atoms with Gasteiger partial charge in [0.2, 0.25) is 0 Å². The Morgan fingerprint density at radius 2 is 1.94 bits per heavy atom. The average Bonchev–Trinajstić information content (AvgIpc) is 2.21. The van der Waals surface area contributed by atoms with Crippen LogP contribution in [0.5, 0.6) is 0 Å². The topological polar surface area (TPSA) is 38.5 Å². The van der Waals surface area contributed by atoms with Crippen LogP contribution in [0.3, 0.4) is 0 Å². The summed E-state index contributed by atoms with van der Waals surface area (Å²) in [6, 6.07) is 0. The molecule has 0 saturated carbocycles. The molecular formula is C13H18INO2S. The molecule has 0 aliphatic heterocycles. The van der Waals surface area contributed by atoms with Crippen molar-refractivity contribution in [3.63, 3.8) is 0 Å². The molecule has 100 valence electrons. The van der Waals surface area contributed by atoms with Crippen LogP contribution >= 0.6 is 34.4 Å². The number of halogens is 1. The average molecular weight is 379 g/mol. The second-order valence-corrected chi connectivity index (χ2v) is 7.61. The lowest BCUT2D eigenvalue weighted by Crippen LogP contribution is -2.37. The number of ketones is 1. The fraction of sp³-hybridized carbons (Fsp3) is 0.615. The molecule has 0 aliphatic carbocycles. The highest BCUT2D eigenvalue weighted by Crippen LogP contribution is 2.35. The largest absolute Gasteiger partial charge is 0.309 e. The van der Waals surface area contributed by atoms with Crippen LogP contribution in [0, 0.1) is 6.57 Å². The summed E-state index contributed by atoms with van der Waals surface area (Å²) in [5.41, 5.74) is -1.24. The smallest absolute Gasteiger partial charge is 0.300 e. The van der Waals surface area contributed by atoms with Gasteiger partial charge in [-0.25, -0.2) is 6.57 Å². The van der Waals surface area contributed by atoms with Crippen LogP contribution in [0.1, 0.15) is 40.5 Å². The first-order chi connectivity index (χ1) is 8.17. The standard InChI is InChI=1S/C13H18INO2S/c1-10(16)9-13(15-5,7-6-8-14)11(17)18-12(2,3)4/h6,8H,7,9H2,1-4H3/t13-/m1/s1. The molecule has 0 unspecified atom stereocenters. The van der Waals surface area contributed by atoms with Gasteiger partial charge in [-0.15, -0.1) is 0 Å². The molecule has 18 heavy (non-hydrogen) atoms. The lowest BCUT2D eigenvalue weighted by Gasteiger charge is -2.22. The third kappa shape index (κ3) is 6.01. The molecule has 0 bridgehead atoms. The molecule has 5 heteroatoms. The monoisotopic (exact) mass is 379 g/mol. The highest BCUT2D eigenvalue weighted by atomic mass is 127. The maximum atomic E-state index is 12.3. The Bertz CT molecular complexity index is 393. The van der Waals surface area contributed by atoms with Crippen molar-refractivity contribution in [2.45, 2.75) is 50.8 Å². The van der Waals surface area contributed by atoms with Gasteiger partial charge in [-0.3, -0.25) is 9.59 Å². The normalized spacial score (nSPS) is 15.1. The van der Waals surface area contributed by atoms with E-state index in [0.717, 1.165) is 11.8 Å². The predicted octanol–water partition coefficient (Wildman–Crippen LogP) is 4.02. The third-order valence-corrected chi connectivity index (χ3v) is 3.77. The Labute approximate surface area is 127 Å². The van der Waals surface area contributed by atoms with Gasteiger partial charge in [-0.05, 0) is 11.0 Å². The zero-order chi connectivity index (χ0) is 14.4. The summed E-state index contributed by atoms with van der Waals surface area (Å²) in [6.45, 7) is 14.5. The summed E-state index contributed by atoms with van der Waals surface area (Å²) in [5, 5.41) is -0.213. The van der Waals surface area contributed by atoms with Gasteiger partial charge in [-0.1, -0.05) is 61.2 Å². The van der Waals surface area contributed by atoms with Crippen LogP contribution in [0.25, 0.3) is 4.85 Å². The Morgan fingerprint density at radius 3 is 2.28 bits per heavy atom. The molecular weight excluding hydrogens is 361 g/mol. The maximum Gasteiger partial charge on any atom is 0.309 e. The summed E-state index contributed by atoms with van der Waals surface area (Å²) >= 11 is 3.18. The van der Waals surface area contributed by atoms with E-state index in [1.807, 2.05) is 43.4 Å². The van der Waals surface area contributed by atoms with E-state index in [4.69, 9.17) is 6.57 Å². The minimum Gasteiger partial charge on any atom is -0.300 e.